The molecule has 0 spiro atoms. The molecule has 2 amide bonds. The Labute approximate surface area is 284 Å². The van der Waals surface area contributed by atoms with E-state index in [1.807, 2.05) is 24.3 Å². The fourth-order valence-electron chi connectivity index (χ4n) is 5.57. The number of rotatable bonds is 11. The molecular formula is C41H48N4O3. The molecular weight excluding hydrogens is 596 g/mol. The van der Waals surface area contributed by atoms with Crippen LogP contribution in [0.25, 0.3) is 22.2 Å². The maximum absolute atomic E-state index is 12.4. The Hall–Kier alpha value is -5.04. The van der Waals surface area contributed by atoms with Crippen LogP contribution in [0.3, 0.4) is 0 Å². The summed E-state index contributed by atoms with van der Waals surface area (Å²) in [5.41, 5.74) is 9.49. The summed E-state index contributed by atoms with van der Waals surface area (Å²) < 4.78 is 5.19. The lowest BCUT2D eigenvalue weighted by atomic mass is 10.0. The van der Waals surface area contributed by atoms with E-state index in [0.29, 0.717) is 17.5 Å². The summed E-state index contributed by atoms with van der Waals surface area (Å²) in [6.07, 6.45) is -0.626. The van der Waals surface area contributed by atoms with Crippen LogP contribution in [-0.2, 0) is 22.6 Å². The molecule has 5 aromatic rings. The van der Waals surface area contributed by atoms with E-state index in [-0.39, 0.29) is 12.5 Å². The second-order valence-electron chi connectivity index (χ2n) is 14.1. The van der Waals surface area contributed by atoms with Crippen molar-refractivity contribution in [3.05, 3.63) is 119 Å². The molecule has 7 nitrogen and oxygen atoms in total. The molecule has 7 heteroatoms. The minimum atomic E-state index is -0.626. The zero-order valence-corrected chi connectivity index (χ0v) is 29.2. The minimum absolute atomic E-state index is 0.176. The van der Waals surface area contributed by atoms with Crippen molar-refractivity contribution in [2.24, 2.45) is 0 Å². The Kier molecular flexibility index (Phi) is 10.6. The molecule has 0 bridgehead atoms. The molecule has 0 aliphatic carbocycles. The average Bonchev–Trinajstić information content (AvgIpc) is 3.47. The van der Waals surface area contributed by atoms with E-state index in [2.05, 4.69) is 121 Å². The van der Waals surface area contributed by atoms with E-state index in [4.69, 9.17) is 4.74 Å². The molecule has 5 rings (SSSR count). The van der Waals surface area contributed by atoms with Crippen LogP contribution in [0.2, 0.25) is 0 Å². The van der Waals surface area contributed by atoms with Crippen LogP contribution in [0.5, 0.6) is 0 Å². The van der Waals surface area contributed by atoms with Crippen LogP contribution in [0.4, 0.5) is 16.2 Å². The third kappa shape index (κ3) is 9.28. The van der Waals surface area contributed by atoms with Crippen molar-refractivity contribution in [2.45, 2.75) is 79.0 Å². The van der Waals surface area contributed by atoms with E-state index < -0.39 is 11.7 Å². The standard InChI is InChI=1S/C41H48N4O3/c1-27(2)31-12-8-29(9-13-31)25-45(26-30-10-14-32(15-11-30)28(3)4)36-20-21-37-34(22-36)23-38(44-37)33-16-18-35(19-17-33)43-39(46)24-42-40(47)48-41(5,6)7/h8-23,27-28,44H,24-26H2,1-7H3,(H,42,47)(H,43,46). The van der Waals surface area contributed by atoms with E-state index in [0.717, 1.165) is 40.9 Å². The van der Waals surface area contributed by atoms with Crippen LogP contribution in [0.15, 0.2) is 97.1 Å². The third-order valence-electron chi connectivity index (χ3n) is 8.28. The number of ether oxygens (including phenoxy) is 1. The van der Waals surface area contributed by atoms with Gasteiger partial charge in [-0.05, 0) is 96.8 Å². The summed E-state index contributed by atoms with van der Waals surface area (Å²) in [4.78, 5) is 30.2. The number of carbonyl (C=O) groups is 2. The Morgan fingerprint density at radius 1 is 0.750 bits per heavy atom. The van der Waals surface area contributed by atoms with Crippen LogP contribution < -0.4 is 15.5 Å². The molecule has 1 aromatic heterocycles. The number of fused-ring (bicyclic) bond motifs is 1. The van der Waals surface area contributed by atoms with Gasteiger partial charge in [-0.15, -0.1) is 0 Å². The highest BCUT2D eigenvalue weighted by atomic mass is 16.6. The van der Waals surface area contributed by atoms with Gasteiger partial charge < -0.3 is 25.3 Å². The number of amides is 2. The summed E-state index contributed by atoms with van der Waals surface area (Å²) in [5.74, 6) is 0.675. The zero-order valence-electron chi connectivity index (χ0n) is 29.2. The Morgan fingerprint density at radius 2 is 1.31 bits per heavy atom. The number of hydrogen-bond donors (Lipinski definition) is 3. The largest absolute Gasteiger partial charge is 0.444 e. The summed E-state index contributed by atoms with van der Waals surface area (Å²) in [7, 11) is 0. The lowest BCUT2D eigenvalue weighted by molar-refractivity contribution is -0.115. The van der Waals surface area contributed by atoms with Gasteiger partial charge in [-0.2, -0.15) is 0 Å². The quantitative estimate of drug-likeness (QED) is 0.134. The Morgan fingerprint density at radius 3 is 1.83 bits per heavy atom. The third-order valence-corrected chi connectivity index (χ3v) is 8.28. The number of hydrogen-bond acceptors (Lipinski definition) is 4. The van der Waals surface area contributed by atoms with Gasteiger partial charge in [-0.3, -0.25) is 4.79 Å². The second-order valence-corrected chi connectivity index (χ2v) is 14.1. The summed E-state index contributed by atoms with van der Waals surface area (Å²) in [6, 6.07) is 34.4. The molecule has 4 aromatic carbocycles. The van der Waals surface area contributed by atoms with Crippen molar-refractivity contribution < 1.29 is 14.3 Å². The fraction of sp³-hybridized carbons (Fsp3) is 0.317. The van der Waals surface area contributed by atoms with Gasteiger partial charge in [0.15, 0.2) is 0 Å². The van der Waals surface area contributed by atoms with Crippen molar-refractivity contribution in [1.82, 2.24) is 10.3 Å². The first-order chi connectivity index (χ1) is 22.8. The first-order valence-electron chi connectivity index (χ1n) is 16.8. The lowest BCUT2D eigenvalue weighted by Crippen LogP contribution is -2.37. The van der Waals surface area contributed by atoms with Gasteiger partial charge in [0, 0.05) is 41.1 Å². The SMILES string of the molecule is CC(C)c1ccc(CN(Cc2ccc(C(C)C)cc2)c2ccc3[nH]c(-c4ccc(NC(=O)CNC(=O)OC(C)(C)C)cc4)cc3c2)cc1. The predicted octanol–water partition coefficient (Wildman–Crippen LogP) is 9.75. The molecule has 0 unspecified atom stereocenters. The second kappa shape index (κ2) is 14.8. The van der Waals surface area contributed by atoms with Gasteiger partial charge >= 0.3 is 6.09 Å². The Balaban J connectivity index is 1.31. The van der Waals surface area contributed by atoms with Crippen LogP contribution >= 0.6 is 0 Å². The topological polar surface area (TPSA) is 86.5 Å². The first-order valence-corrected chi connectivity index (χ1v) is 16.8. The lowest BCUT2D eigenvalue weighted by Gasteiger charge is -2.26. The smallest absolute Gasteiger partial charge is 0.408 e. The molecule has 0 aliphatic rings. The molecule has 48 heavy (non-hydrogen) atoms. The number of carbonyl (C=O) groups excluding carboxylic acids is 2. The zero-order chi connectivity index (χ0) is 34.4. The molecule has 0 fully saturated rings. The average molecular weight is 645 g/mol. The predicted molar refractivity (Wildman–Crippen MR) is 198 cm³/mol. The normalized spacial score (nSPS) is 11.6. The number of benzene rings is 4. The van der Waals surface area contributed by atoms with E-state index in [1.54, 1.807) is 20.8 Å². The highest BCUT2D eigenvalue weighted by Crippen LogP contribution is 2.30. The molecule has 0 radical (unpaired) electrons. The number of nitrogens with zero attached hydrogens (tertiary/aromatic N) is 1. The van der Waals surface area contributed by atoms with Crippen molar-refractivity contribution in [3.8, 4) is 11.3 Å². The number of H-pyrrole nitrogens is 1. The van der Waals surface area contributed by atoms with Gasteiger partial charge in [-0.1, -0.05) is 88.4 Å². The van der Waals surface area contributed by atoms with Gasteiger partial charge in [-0.25, -0.2) is 4.79 Å². The van der Waals surface area contributed by atoms with Crippen LogP contribution in [-0.4, -0.2) is 29.1 Å². The summed E-state index contributed by atoms with van der Waals surface area (Å²) in [6.45, 7) is 15.6. The van der Waals surface area contributed by atoms with Gasteiger partial charge in [0.25, 0.3) is 0 Å². The number of aromatic nitrogens is 1. The number of aromatic amines is 1. The minimum Gasteiger partial charge on any atom is -0.444 e. The van der Waals surface area contributed by atoms with Gasteiger partial charge in [0.2, 0.25) is 5.91 Å². The molecule has 0 saturated carbocycles. The molecule has 0 saturated heterocycles. The van der Waals surface area contributed by atoms with Gasteiger partial charge in [0.05, 0.1) is 0 Å². The van der Waals surface area contributed by atoms with E-state index >= 15 is 0 Å². The monoisotopic (exact) mass is 644 g/mol. The summed E-state index contributed by atoms with van der Waals surface area (Å²) in [5, 5.41) is 6.43. The number of nitrogens with one attached hydrogen (secondary N) is 3. The molecule has 0 atom stereocenters. The van der Waals surface area contributed by atoms with Gasteiger partial charge in [0.1, 0.15) is 12.1 Å². The molecule has 0 aliphatic heterocycles. The first kappa shape index (κ1) is 34.3. The molecule has 1 heterocycles. The van der Waals surface area contributed by atoms with Crippen molar-refractivity contribution in [2.75, 3.05) is 16.8 Å². The molecule has 250 valence electrons. The highest BCUT2D eigenvalue weighted by Gasteiger charge is 2.17. The maximum Gasteiger partial charge on any atom is 0.408 e. The number of alkyl carbamates (subject to hydrolysis) is 1. The summed E-state index contributed by atoms with van der Waals surface area (Å²) >= 11 is 0. The van der Waals surface area contributed by atoms with Crippen molar-refractivity contribution in [3.63, 3.8) is 0 Å². The molecule has 3 N–H and O–H groups in total. The van der Waals surface area contributed by atoms with Crippen molar-refractivity contribution in [1.29, 1.82) is 0 Å². The maximum atomic E-state index is 12.4. The van der Waals surface area contributed by atoms with E-state index in [9.17, 15) is 9.59 Å². The highest BCUT2D eigenvalue weighted by molar-refractivity contribution is 5.94. The van der Waals surface area contributed by atoms with E-state index in [1.165, 1.54) is 22.3 Å². The fourth-order valence-corrected chi connectivity index (χ4v) is 5.57. The number of anilines is 2. The van der Waals surface area contributed by atoms with Crippen LogP contribution in [0, 0.1) is 0 Å². The Bertz CT molecular complexity index is 1780. The van der Waals surface area contributed by atoms with Crippen LogP contribution in [0.1, 0.15) is 82.6 Å². The van der Waals surface area contributed by atoms with Crippen molar-refractivity contribution >= 4 is 34.3 Å².